The minimum Gasteiger partial charge on any atom is -0.396 e. The van der Waals surface area contributed by atoms with Gasteiger partial charge in [-0.3, -0.25) is 14.4 Å². The number of hydrogen-bond acceptors (Lipinski definition) is 6. The number of anilines is 2. The number of benzene rings is 1. The highest BCUT2D eigenvalue weighted by atomic mass is 32.2. The molecule has 4 aliphatic rings. The third-order valence-corrected chi connectivity index (χ3v) is 10.3. The fourth-order valence-corrected chi connectivity index (χ4v) is 8.81. The van der Waals surface area contributed by atoms with Crippen molar-refractivity contribution in [1.82, 2.24) is 9.80 Å². The van der Waals surface area contributed by atoms with Crippen LogP contribution < -0.4 is 9.80 Å². The van der Waals surface area contributed by atoms with Crippen molar-refractivity contribution >= 4 is 40.9 Å². The Morgan fingerprint density at radius 1 is 0.974 bits per heavy atom. The highest BCUT2D eigenvalue weighted by Gasteiger charge is 2.70. The number of carbonyl (C=O) groups is 3. The van der Waals surface area contributed by atoms with E-state index in [0.717, 1.165) is 30.9 Å². The maximum absolute atomic E-state index is 14.4. The fraction of sp³-hybridized carbons (Fsp3) is 0.567. The quantitative estimate of drug-likeness (QED) is 0.475. The molecule has 9 heteroatoms. The van der Waals surface area contributed by atoms with E-state index in [4.69, 9.17) is 0 Å². The van der Waals surface area contributed by atoms with E-state index in [2.05, 4.69) is 24.8 Å². The minimum absolute atomic E-state index is 0.00581. The highest BCUT2D eigenvalue weighted by Crippen LogP contribution is 2.61. The molecule has 1 aromatic carbocycles. The molecule has 8 nitrogen and oxygen atoms in total. The van der Waals surface area contributed by atoms with Crippen molar-refractivity contribution in [2.45, 2.75) is 49.7 Å². The Bertz CT molecular complexity index is 1150. The molecule has 2 fully saturated rings. The summed E-state index contributed by atoms with van der Waals surface area (Å²) in [5.41, 5.74) is 1.89. The van der Waals surface area contributed by atoms with Crippen LogP contribution >= 0.6 is 11.8 Å². The van der Waals surface area contributed by atoms with Crippen LogP contribution in [-0.2, 0) is 14.4 Å². The zero-order chi connectivity index (χ0) is 27.7. The van der Waals surface area contributed by atoms with Crippen LogP contribution in [0.2, 0.25) is 0 Å². The van der Waals surface area contributed by atoms with Gasteiger partial charge in [-0.05, 0) is 51.0 Å². The van der Waals surface area contributed by atoms with Gasteiger partial charge in [0.15, 0.2) is 0 Å². The summed E-state index contributed by atoms with van der Waals surface area (Å²) in [5.74, 6) is -1.39. The molecule has 210 valence electrons. The van der Waals surface area contributed by atoms with Gasteiger partial charge in [-0.2, -0.15) is 0 Å². The van der Waals surface area contributed by atoms with Gasteiger partial charge in [-0.1, -0.05) is 31.2 Å². The van der Waals surface area contributed by atoms with E-state index in [0.29, 0.717) is 26.1 Å². The number of thioether (sulfide) groups is 1. The van der Waals surface area contributed by atoms with Crippen molar-refractivity contribution in [2.75, 3.05) is 55.7 Å². The number of likely N-dealkylation sites (tertiary alicyclic amines) is 1. The summed E-state index contributed by atoms with van der Waals surface area (Å²) in [4.78, 5) is 49.9. The maximum Gasteiger partial charge on any atom is 0.251 e. The number of hydrogen-bond donors (Lipinski definition) is 1. The van der Waals surface area contributed by atoms with E-state index in [9.17, 15) is 19.5 Å². The predicted molar refractivity (Wildman–Crippen MR) is 156 cm³/mol. The third kappa shape index (κ3) is 4.57. The van der Waals surface area contributed by atoms with Crippen LogP contribution in [0, 0.1) is 11.8 Å². The Balaban J connectivity index is 1.53. The van der Waals surface area contributed by atoms with Gasteiger partial charge in [-0.15, -0.1) is 11.8 Å². The molecule has 39 heavy (non-hydrogen) atoms. The topological polar surface area (TPSA) is 84.4 Å². The van der Waals surface area contributed by atoms with Gasteiger partial charge in [-0.25, -0.2) is 0 Å². The molecule has 5 rings (SSSR count). The van der Waals surface area contributed by atoms with Crippen LogP contribution in [0.4, 0.5) is 11.4 Å². The highest BCUT2D eigenvalue weighted by molar-refractivity contribution is 8.02. The largest absolute Gasteiger partial charge is 0.396 e. The van der Waals surface area contributed by atoms with Gasteiger partial charge < -0.3 is 24.7 Å². The summed E-state index contributed by atoms with van der Waals surface area (Å²) in [7, 11) is 0. The van der Waals surface area contributed by atoms with Gasteiger partial charge in [0.05, 0.1) is 16.6 Å². The number of carbonyl (C=O) groups excluding carboxylic acids is 3. The number of aliphatic hydroxyl groups excluding tert-OH is 1. The van der Waals surface area contributed by atoms with E-state index in [1.54, 1.807) is 21.6 Å². The van der Waals surface area contributed by atoms with Crippen molar-refractivity contribution in [1.29, 1.82) is 0 Å². The van der Waals surface area contributed by atoms with E-state index in [1.165, 1.54) is 0 Å². The molecule has 2 saturated heterocycles. The fourth-order valence-electron chi connectivity index (χ4n) is 6.81. The first kappa shape index (κ1) is 27.8. The average molecular weight is 553 g/mol. The van der Waals surface area contributed by atoms with Gasteiger partial charge in [0, 0.05) is 62.5 Å². The van der Waals surface area contributed by atoms with Gasteiger partial charge in [0.25, 0.3) is 5.91 Å². The van der Waals surface area contributed by atoms with Crippen molar-refractivity contribution in [3.05, 3.63) is 48.6 Å². The van der Waals surface area contributed by atoms with Crippen LogP contribution in [-0.4, -0.2) is 94.5 Å². The standard InChI is InChI=1S/C30H40N4O4S/c1-4-16-32-17-7-10-23-24(27(32)36)25-28(37)34(19-9-20-35)26-29(38)33(18-8-15-30(25,26)39-23)22-13-11-21(12-14-22)31(5-2)6-3/h7-8,10-15,23-26,35H,4-6,9,16-20H2,1-3H3/t23-,24+,25-,26?,30-/m0/s1. The van der Waals surface area contributed by atoms with Crippen LogP contribution in [0.25, 0.3) is 0 Å². The summed E-state index contributed by atoms with van der Waals surface area (Å²) in [6, 6.07) is 7.30. The number of aliphatic hydroxyl groups is 1. The third-order valence-electron chi connectivity index (χ3n) is 8.58. The lowest BCUT2D eigenvalue weighted by atomic mass is 9.78. The molecule has 5 atom stereocenters. The monoisotopic (exact) mass is 552 g/mol. The van der Waals surface area contributed by atoms with E-state index in [1.807, 2.05) is 54.3 Å². The van der Waals surface area contributed by atoms with Crippen molar-refractivity contribution in [2.24, 2.45) is 11.8 Å². The van der Waals surface area contributed by atoms with Crippen LogP contribution in [0.15, 0.2) is 48.6 Å². The molecule has 1 aromatic rings. The predicted octanol–water partition coefficient (Wildman–Crippen LogP) is 2.92. The smallest absolute Gasteiger partial charge is 0.251 e. The van der Waals surface area contributed by atoms with E-state index < -0.39 is 22.6 Å². The summed E-state index contributed by atoms with van der Waals surface area (Å²) < 4.78 is -0.829. The van der Waals surface area contributed by atoms with Gasteiger partial charge >= 0.3 is 0 Å². The SMILES string of the molecule is CCCN1CC=C[C@@H]2S[C@]34C=CCN(c5ccc(N(CC)CC)cc5)C(=O)C3N(CCCO)C(=O)[C@@H]4[C@@H]2C1=O. The molecule has 4 heterocycles. The summed E-state index contributed by atoms with van der Waals surface area (Å²) in [6.45, 7) is 9.91. The molecule has 1 unspecified atom stereocenters. The Morgan fingerprint density at radius 2 is 1.72 bits per heavy atom. The summed E-state index contributed by atoms with van der Waals surface area (Å²) >= 11 is 1.60. The molecule has 1 spiro atoms. The molecule has 0 bridgehead atoms. The number of rotatable bonds is 9. The zero-order valence-corrected chi connectivity index (χ0v) is 24.0. The minimum atomic E-state index is -0.829. The molecule has 0 aromatic heterocycles. The van der Waals surface area contributed by atoms with E-state index >= 15 is 0 Å². The molecule has 0 saturated carbocycles. The first-order valence-electron chi connectivity index (χ1n) is 14.3. The second-order valence-corrected chi connectivity index (χ2v) is 12.2. The van der Waals surface area contributed by atoms with Crippen molar-refractivity contribution in [3.63, 3.8) is 0 Å². The summed E-state index contributed by atoms with van der Waals surface area (Å²) in [6.07, 6.45) is 9.39. The lowest BCUT2D eigenvalue weighted by molar-refractivity contribution is -0.142. The van der Waals surface area contributed by atoms with Crippen molar-refractivity contribution in [3.8, 4) is 0 Å². The first-order valence-corrected chi connectivity index (χ1v) is 15.2. The van der Waals surface area contributed by atoms with Crippen LogP contribution in [0.1, 0.15) is 33.6 Å². The normalized spacial score (nSPS) is 29.8. The first-order chi connectivity index (χ1) is 18.9. The molecule has 0 radical (unpaired) electrons. The lowest BCUT2D eigenvalue weighted by Crippen LogP contribution is -2.53. The summed E-state index contributed by atoms with van der Waals surface area (Å²) in [5, 5.41) is 9.45. The number of nitrogens with zero attached hydrogens (tertiary/aromatic N) is 4. The molecule has 3 amide bonds. The van der Waals surface area contributed by atoms with Crippen molar-refractivity contribution < 1.29 is 19.5 Å². The maximum atomic E-state index is 14.4. The second kappa shape index (κ2) is 11.4. The number of fused-ring (bicyclic) bond motifs is 2. The van der Waals surface area contributed by atoms with E-state index in [-0.39, 0.29) is 36.1 Å². The Kier molecular flexibility index (Phi) is 8.10. The van der Waals surface area contributed by atoms with Crippen LogP contribution in [0.5, 0.6) is 0 Å². The molecule has 1 N–H and O–H groups in total. The molecule has 4 aliphatic heterocycles. The molecular weight excluding hydrogens is 512 g/mol. The molecule has 0 aliphatic carbocycles. The molecular formula is C30H40N4O4S. The zero-order valence-electron chi connectivity index (χ0n) is 23.2. The Hall–Kier alpha value is -2.78. The Labute approximate surface area is 235 Å². The lowest BCUT2D eigenvalue weighted by Gasteiger charge is -2.35. The van der Waals surface area contributed by atoms with Gasteiger partial charge in [0.1, 0.15) is 6.04 Å². The average Bonchev–Trinajstić information content (AvgIpc) is 3.25. The van der Waals surface area contributed by atoms with Crippen LogP contribution in [0.3, 0.4) is 0 Å². The Morgan fingerprint density at radius 3 is 2.38 bits per heavy atom. The number of amides is 3. The van der Waals surface area contributed by atoms with Gasteiger partial charge in [0.2, 0.25) is 11.8 Å². The second-order valence-electron chi connectivity index (χ2n) is 10.7.